The maximum Gasteiger partial charge on any atom is 0.273 e. The third-order valence-corrected chi connectivity index (χ3v) is 7.18. The van der Waals surface area contributed by atoms with Crippen LogP contribution in [0.25, 0.3) is 0 Å². The van der Waals surface area contributed by atoms with Gasteiger partial charge in [0, 0.05) is 44.6 Å². The topological polar surface area (TPSA) is 48.9 Å². The highest BCUT2D eigenvalue weighted by Crippen LogP contribution is 2.29. The van der Waals surface area contributed by atoms with Crippen LogP contribution in [0.2, 0.25) is 0 Å². The van der Waals surface area contributed by atoms with Crippen molar-refractivity contribution in [3.63, 3.8) is 0 Å². The van der Waals surface area contributed by atoms with Crippen LogP contribution < -0.4 is 9.64 Å². The van der Waals surface area contributed by atoms with Crippen LogP contribution in [0, 0.1) is 0 Å². The first-order valence-electron chi connectivity index (χ1n) is 11.1. The number of carbonyl (C=O) groups excluding carboxylic acids is 1. The molecule has 3 aromatic rings. The molecular formula is C25H28N4O2S. The van der Waals surface area contributed by atoms with Gasteiger partial charge in [-0.2, -0.15) is 0 Å². The molecule has 5 rings (SSSR count). The van der Waals surface area contributed by atoms with E-state index in [1.165, 1.54) is 11.1 Å². The Labute approximate surface area is 193 Å². The molecular weight excluding hydrogens is 420 g/mol. The number of fused-ring (bicyclic) bond motifs is 1. The number of carbonyl (C=O) groups is 1. The van der Waals surface area contributed by atoms with E-state index >= 15 is 0 Å². The van der Waals surface area contributed by atoms with Crippen molar-refractivity contribution < 1.29 is 9.53 Å². The van der Waals surface area contributed by atoms with Crippen LogP contribution >= 0.6 is 11.3 Å². The third kappa shape index (κ3) is 4.36. The molecule has 2 aliphatic rings. The summed E-state index contributed by atoms with van der Waals surface area (Å²) in [5, 5.41) is 2.93. The Balaban J connectivity index is 1.17. The molecule has 0 N–H and O–H groups in total. The van der Waals surface area contributed by atoms with Crippen molar-refractivity contribution in [2.45, 2.75) is 19.5 Å². The van der Waals surface area contributed by atoms with Crippen LogP contribution in [0.1, 0.15) is 26.6 Å². The molecule has 1 fully saturated rings. The molecule has 2 aromatic carbocycles. The summed E-state index contributed by atoms with van der Waals surface area (Å²) in [6, 6.07) is 16.6. The van der Waals surface area contributed by atoms with E-state index in [1.54, 1.807) is 18.4 Å². The zero-order valence-corrected chi connectivity index (χ0v) is 19.2. The van der Waals surface area contributed by atoms with Crippen molar-refractivity contribution in [3.05, 3.63) is 75.7 Å². The van der Waals surface area contributed by atoms with Crippen LogP contribution in [0.15, 0.2) is 53.9 Å². The van der Waals surface area contributed by atoms with E-state index in [0.717, 1.165) is 62.1 Å². The SMILES string of the molecule is COc1ccccc1N1CCN(Cc2nc(C(=O)N3CCc4ccccc4C3)cs2)CC1. The van der Waals surface area contributed by atoms with Gasteiger partial charge in [-0.3, -0.25) is 9.69 Å². The van der Waals surface area contributed by atoms with Gasteiger partial charge in [0.1, 0.15) is 16.5 Å². The van der Waals surface area contributed by atoms with Gasteiger partial charge in [-0.25, -0.2) is 4.98 Å². The molecule has 7 heteroatoms. The predicted octanol–water partition coefficient (Wildman–Crippen LogP) is 3.67. The molecule has 0 radical (unpaired) electrons. The lowest BCUT2D eigenvalue weighted by Gasteiger charge is -2.36. The van der Waals surface area contributed by atoms with Gasteiger partial charge >= 0.3 is 0 Å². The fourth-order valence-electron chi connectivity index (χ4n) is 4.54. The summed E-state index contributed by atoms with van der Waals surface area (Å²) in [6.07, 6.45) is 0.912. The number of methoxy groups -OCH3 is 1. The molecule has 3 heterocycles. The average Bonchev–Trinajstić information content (AvgIpc) is 3.32. The quantitative estimate of drug-likeness (QED) is 0.596. The summed E-state index contributed by atoms with van der Waals surface area (Å²) >= 11 is 1.59. The van der Waals surface area contributed by atoms with Gasteiger partial charge < -0.3 is 14.5 Å². The summed E-state index contributed by atoms with van der Waals surface area (Å²) in [5.74, 6) is 0.965. The number of hydrogen-bond acceptors (Lipinski definition) is 6. The smallest absolute Gasteiger partial charge is 0.273 e. The monoisotopic (exact) mass is 448 g/mol. The number of para-hydroxylation sites is 2. The van der Waals surface area contributed by atoms with Crippen LogP contribution in [0.3, 0.4) is 0 Å². The van der Waals surface area contributed by atoms with E-state index in [2.05, 4.69) is 40.1 Å². The minimum atomic E-state index is 0.0444. The Morgan fingerprint density at radius 2 is 1.75 bits per heavy atom. The molecule has 1 amide bonds. The van der Waals surface area contributed by atoms with E-state index < -0.39 is 0 Å². The zero-order chi connectivity index (χ0) is 21.9. The fraction of sp³-hybridized carbons (Fsp3) is 0.360. The molecule has 0 atom stereocenters. The number of piperazine rings is 1. The number of anilines is 1. The Morgan fingerprint density at radius 1 is 1.00 bits per heavy atom. The molecule has 1 aromatic heterocycles. The second-order valence-corrected chi connectivity index (χ2v) is 9.25. The fourth-order valence-corrected chi connectivity index (χ4v) is 5.35. The van der Waals surface area contributed by atoms with E-state index in [1.807, 2.05) is 28.5 Å². The van der Waals surface area contributed by atoms with Gasteiger partial charge in [0.25, 0.3) is 5.91 Å². The van der Waals surface area contributed by atoms with E-state index in [4.69, 9.17) is 9.72 Å². The maximum atomic E-state index is 13.0. The predicted molar refractivity (Wildman–Crippen MR) is 127 cm³/mol. The number of nitrogens with zero attached hydrogens (tertiary/aromatic N) is 4. The first kappa shape index (κ1) is 21.0. The average molecular weight is 449 g/mol. The Hall–Kier alpha value is -2.90. The number of rotatable bonds is 5. The molecule has 0 unspecified atom stereocenters. The minimum Gasteiger partial charge on any atom is -0.495 e. The van der Waals surface area contributed by atoms with Gasteiger partial charge in [-0.05, 0) is 29.7 Å². The van der Waals surface area contributed by atoms with Gasteiger partial charge in [0.15, 0.2) is 0 Å². The van der Waals surface area contributed by atoms with Crippen molar-refractivity contribution in [2.24, 2.45) is 0 Å². The number of aromatic nitrogens is 1. The number of thiazole rings is 1. The van der Waals surface area contributed by atoms with E-state index in [-0.39, 0.29) is 5.91 Å². The molecule has 166 valence electrons. The molecule has 0 spiro atoms. The summed E-state index contributed by atoms with van der Waals surface area (Å²) in [5.41, 5.74) is 4.33. The number of amides is 1. The van der Waals surface area contributed by atoms with Crippen LogP contribution in [0.5, 0.6) is 5.75 Å². The van der Waals surface area contributed by atoms with Crippen molar-refractivity contribution in [1.82, 2.24) is 14.8 Å². The highest BCUT2D eigenvalue weighted by atomic mass is 32.1. The van der Waals surface area contributed by atoms with Crippen molar-refractivity contribution in [3.8, 4) is 5.75 Å². The van der Waals surface area contributed by atoms with Crippen LogP contribution in [-0.4, -0.2) is 60.5 Å². The minimum absolute atomic E-state index is 0.0444. The molecule has 0 aliphatic carbocycles. The Bertz CT molecular complexity index is 1090. The lowest BCUT2D eigenvalue weighted by molar-refractivity contribution is 0.0729. The van der Waals surface area contributed by atoms with Crippen LogP contribution in [-0.2, 0) is 19.5 Å². The molecule has 2 aliphatic heterocycles. The standard InChI is InChI=1S/C25H28N4O2S/c1-31-23-9-5-4-8-22(23)28-14-12-27(13-15-28)17-24-26-21(18-32-24)25(30)29-11-10-19-6-2-3-7-20(19)16-29/h2-9,18H,10-17H2,1H3. The van der Waals surface area contributed by atoms with Crippen molar-refractivity contribution in [1.29, 1.82) is 0 Å². The van der Waals surface area contributed by atoms with Crippen molar-refractivity contribution >= 4 is 22.9 Å². The number of ether oxygens (including phenoxy) is 1. The van der Waals surface area contributed by atoms with Gasteiger partial charge in [-0.15, -0.1) is 11.3 Å². The Kier molecular flexibility index (Phi) is 6.10. The number of hydrogen-bond donors (Lipinski definition) is 0. The van der Waals surface area contributed by atoms with E-state index in [0.29, 0.717) is 12.2 Å². The second kappa shape index (κ2) is 9.30. The first-order chi connectivity index (χ1) is 15.7. The molecule has 0 bridgehead atoms. The highest BCUT2D eigenvalue weighted by Gasteiger charge is 2.24. The van der Waals surface area contributed by atoms with Crippen LogP contribution in [0.4, 0.5) is 5.69 Å². The normalized spacial score (nSPS) is 16.7. The molecule has 32 heavy (non-hydrogen) atoms. The zero-order valence-electron chi connectivity index (χ0n) is 18.4. The Morgan fingerprint density at radius 3 is 2.56 bits per heavy atom. The number of benzene rings is 2. The summed E-state index contributed by atoms with van der Waals surface area (Å²) in [4.78, 5) is 24.4. The lowest BCUT2D eigenvalue weighted by atomic mass is 10.00. The summed E-state index contributed by atoms with van der Waals surface area (Å²) in [7, 11) is 1.72. The lowest BCUT2D eigenvalue weighted by Crippen LogP contribution is -2.46. The van der Waals surface area contributed by atoms with Gasteiger partial charge in [-0.1, -0.05) is 36.4 Å². The van der Waals surface area contributed by atoms with Gasteiger partial charge in [0.05, 0.1) is 19.3 Å². The summed E-state index contributed by atoms with van der Waals surface area (Å²) < 4.78 is 5.52. The molecule has 6 nitrogen and oxygen atoms in total. The molecule has 1 saturated heterocycles. The highest BCUT2D eigenvalue weighted by molar-refractivity contribution is 7.09. The first-order valence-corrected chi connectivity index (χ1v) is 12.0. The van der Waals surface area contributed by atoms with Crippen molar-refractivity contribution in [2.75, 3.05) is 44.7 Å². The van der Waals surface area contributed by atoms with Gasteiger partial charge in [0.2, 0.25) is 0 Å². The second-order valence-electron chi connectivity index (χ2n) is 8.31. The van der Waals surface area contributed by atoms with E-state index in [9.17, 15) is 4.79 Å². The molecule has 0 saturated carbocycles. The summed E-state index contributed by atoms with van der Waals surface area (Å²) in [6.45, 7) is 6.05. The largest absolute Gasteiger partial charge is 0.495 e. The third-order valence-electron chi connectivity index (χ3n) is 6.35. The maximum absolute atomic E-state index is 13.0.